The average molecular weight is 285 g/mol. The normalized spacial score (nSPS) is 29.4. The molecule has 3 atom stereocenters. The van der Waals surface area contributed by atoms with Gasteiger partial charge in [0.15, 0.2) is 4.34 Å². The Morgan fingerprint density at radius 2 is 2.28 bits per heavy atom. The number of thioether (sulfide) groups is 1. The highest BCUT2D eigenvalue weighted by Crippen LogP contribution is 2.44. The van der Waals surface area contributed by atoms with Crippen molar-refractivity contribution in [1.82, 2.24) is 10.2 Å². The van der Waals surface area contributed by atoms with E-state index in [0.29, 0.717) is 16.7 Å². The van der Waals surface area contributed by atoms with Crippen LogP contribution >= 0.6 is 23.1 Å². The predicted octanol–water partition coefficient (Wildman–Crippen LogP) is 3.56. The number of rotatable bonds is 4. The van der Waals surface area contributed by atoms with Crippen LogP contribution in [0.1, 0.15) is 46.5 Å². The zero-order chi connectivity index (χ0) is 13.2. The van der Waals surface area contributed by atoms with E-state index in [1.165, 1.54) is 19.3 Å². The molecule has 0 spiro atoms. The second-order valence-electron chi connectivity index (χ2n) is 5.88. The van der Waals surface area contributed by atoms with Crippen LogP contribution in [-0.2, 0) is 0 Å². The lowest BCUT2D eigenvalue weighted by Crippen LogP contribution is -2.42. The molecule has 1 aliphatic rings. The van der Waals surface area contributed by atoms with E-state index >= 15 is 0 Å². The maximum Gasteiger partial charge on any atom is 0.174 e. The first-order valence-corrected chi connectivity index (χ1v) is 8.47. The van der Waals surface area contributed by atoms with Crippen LogP contribution in [0.25, 0.3) is 0 Å². The third kappa shape index (κ3) is 3.25. The summed E-state index contributed by atoms with van der Waals surface area (Å²) in [7, 11) is 0. The van der Waals surface area contributed by atoms with Gasteiger partial charge in [-0.05, 0) is 30.6 Å². The molecule has 1 aromatic rings. The topological polar surface area (TPSA) is 51.8 Å². The van der Waals surface area contributed by atoms with E-state index in [0.717, 1.165) is 16.7 Å². The van der Waals surface area contributed by atoms with Crippen molar-refractivity contribution in [2.75, 3.05) is 0 Å². The van der Waals surface area contributed by atoms with Crippen LogP contribution in [0.5, 0.6) is 0 Å². The van der Waals surface area contributed by atoms with Crippen LogP contribution in [0.3, 0.4) is 0 Å². The summed E-state index contributed by atoms with van der Waals surface area (Å²) < 4.78 is 1.06. The first-order valence-electron chi connectivity index (χ1n) is 6.71. The average Bonchev–Trinajstić information content (AvgIpc) is 2.84. The third-order valence-electron chi connectivity index (χ3n) is 4.45. The first-order chi connectivity index (χ1) is 8.53. The van der Waals surface area contributed by atoms with E-state index in [-0.39, 0.29) is 0 Å². The largest absolute Gasteiger partial charge is 0.327 e. The SMILES string of the molecule is CCC(C)(C)C1CCC(N)C(Sc2nncs2)C1. The minimum atomic E-state index is 0.308. The smallest absolute Gasteiger partial charge is 0.174 e. The van der Waals surface area contributed by atoms with Gasteiger partial charge in [0.2, 0.25) is 0 Å². The minimum Gasteiger partial charge on any atom is -0.327 e. The summed E-state index contributed by atoms with van der Waals surface area (Å²) in [6, 6.07) is 0.308. The molecular weight excluding hydrogens is 262 g/mol. The Balaban J connectivity index is 2.01. The summed E-state index contributed by atoms with van der Waals surface area (Å²) >= 11 is 3.45. The van der Waals surface area contributed by atoms with Crippen LogP contribution in [-0.4, -0.2) is 21.5 Å². The summed E-state index contributed by atoms with van der Waals surface area (Å²) in [5.41, 5.74) is 8.50. The molecule has 1 heterocycles. The Hall–Kier alpha value is -0.130. The Kier molecular flexibility index (Phi) is 4.67. The summed E-state index contributed by atoms with van der Waals surface area (Å²) in [6.07, 6.45) is 4.87. The molecular formula is C13H23N3S2. The second-order valence-corrected chi connectivity index (χ2v) is 8.20. The van der Waals surface area contributed by atoms with Gasteiger partial charge in [-0.1, -0.05) is 50.3 Å². The van der Waals surface area contributed by atoms with Gasteiger partial charge in [-0.25, -0.2) is 0 Å². The van der Waals surface area contributed by atoms with Gasteiger partial charge >= 0.3 is 0 Å². The maximum atomic E-state index is 6.28. The van der Waals surface area contributed by atoms with Crippen LogP contribution in [0.15, 0.2) is 9.85 Å². The van der Waals surface area contributed by atoms with E-state index in [1.807, 2.05) is 11.8 Å². The van der Waals surface area contributed by atoms with E-state index in [2.05, 4.69) is 31.0 Å². The first kappa shape index (κ1) is 14.3. The maximum absolute atomic E-state index is 6.28. The fraction of sp³-hybridized carbons (Fsp3) is 0.846. The van der Waals surface area contributed by atoms with Crippen LogP contribution in [0.2, 0.25) is 0 Å². The van der Waals surface area contributed by atoms with Crippen molar-refractivity contribution < 1.29 is 0 Å². The number of hydrogen-bond acceptors (Lipinski definition) is 5. The fourth-order valence-electron chi connectivity index (χ4n) is 2.63. The zero-order valence-corrected chi connectivity index (χ0v) is 13.1. The van der Waals surface area contributed by atoms with Crippen molar-refractivity contribution in [3.8, 4) is 0 Å². The Labute approximate surface area is 118 Å². The Morgan fingerprint density at radius 3 is 2.89 bits per heavy atom. The highest BCUT2D eigenvalue weighted by molar-refractivity contribution is 8.01. The quantitative estimate of drug-likeness (QED) is 0.919. The van der Waals surface area contributed by atoms with Crippen molar-refractivity contribution in [2.45, 2.75) is 62.1 Å². The van der Waals surface area contributed by atoms with Crippen molar-refractivity contribution in [2.24, 2.45) is 17.1 Å². The monoisotopic (exact) mass is 285 g/mol. The molecule has 0 aliphatic heterocycles. The molecule has 2 rings (SSSR count). The number of hydrogen-bond donors (Lipinski definition) is 1. The molecule has 3 unspecified atom stereocenters. The van der Waals surface area contributed by atoms with Gasteiger partial charge in [0.05, 0.1) is 0 Å². The summed E-state index contributed by atoms with van der Waals surface area (Å²) in [6.45, 7) is 7.07. The second kappa shape index (κ2) is 5.88. The van der Waals surface area contributed by atoms with Gasteiger partial charge in [-0.15, -0.1) is 10.2 Å². The van der Waals surface area contributed by atoms with Crippen molar-refractivity contribution in [3.05, 3.63) is 5.51 Å². The summed E-state index contributed by atoms with van der Waals surface area (Å²) in [4.78, 5) is 0. The van der Waals surface area contributed by atoms with Crippen LogP contribution in [0.4, 0.5) is 0 Å². The van der Waals surface area contributed by atoms with Crippen LogP contribution in [0, 0.1) is 11.3 Å². The molecule has 0 aromatic carbocycles. The molecule has 1 fully saturated rings. The lowest BCUT2D eigenvalue weighted by molar-refractivity contribution is 0.148. The van der Waals surface area contributed by atoms with Crippen LogP contribution < -0.4 is 5.73 Å². The molecule has 102 valence electrons. The fourth-order valence-corrected chi connectivity index (χ4v) is 4.62. The molecule has 0 saturated heterocycles. The highest BCUT2D eigenvalue weighted by Gasteiger charge is 2.36. The summed E-state index contributed by atoms with van der Waals surface area (Å²) in [5.74, 6) is 0.785. The lowest BCUT2D eigenvalue weighted by Gasteiger charge is -2.41. The van der Waals surface area contributed by atoms with Gasteiger partial charge in [-0.3, -0.25) is 0 Å². The summed E-state index contributed by atoms with van der Waals surface area (Å²) in [5, 5.41) is 8.53. The number of nitrogens with zero attached hydrogens (tertiary/aromatic N) is 2. The molecule has 5 heteroatoms. The zero-order valence-electron chi connectivity index (χ0n) is 11.4. The van der Waals surface area contributed by atoms with E-state index in [9.17, 15) is 0 Å². The van der Waals surface area contributed by atoms with Crippen molar-refractivity contribution in [3.63, 3.8) is 0 Å². The highest BCUT2D eigenvalue weighted by atomic mass is 32.2. The van der Waals surface area contributed by atoms with Gasteiger partial charge in [0.1, 0.15) is 5.51 Å². The number of aromatic nitrogens is 2. The third-order valence-corrected chi connectivity index (χ3v) is 6.64. The Bertz CT molecular complexity index is 364. The molecule has 1 saturated carbocycles. The lowest BCUT2D eigenvalue weighted by atomic mass is 9.69. The molecule has 1 aromatic heterocycles. The van der Waals surface area contributed by atoms with Gasteiger partial charge in [0, 0.05) is 11.3 Å². The van der Waals surface area contributed by atoms with Gasteiger partial charge < -0.3 is 5.73 Å². The molecule has 2 N–H and O–H groups in total. The van der Waals surface area contributed by atoms with E-state index < -0.39 is 0 Å². The van der Waals surface area contributed by atoms with Gasteiger partial charge in [-0.2, -0.15) is 0 Å². The number of nitrogens with two attached hydrogens (primary N) is 1. The molecule has 0 radical (unpaired) electrons. The van der Waals surface area contributed by atoms with E-state index in [4.69, 9.17) is 5.73 Å². The molecule has 3 nitrogen and oxygen atoms in total. The molecule has 0 amide bonds. The standard InChI is InChI=1S/C13H23N3S2/c1-4-13(2,3)9-5-6-10(14)11(7-9)18-12-16-15-8-17-12/h8-11H,4-7,14H2,1-3H3. The predicted molar refractivity (Wildman–Crippen MR) is 78.9 cm³/mol. The van der Waals surface area contributed by atoms with Crippen molar-refractivity contribution >= 4 is 23.1 Å². The van der Waals surface area contributed by atoms with Crippen molar-refractivity contribution in [1.29, 1.82) is 0 Å². The molecule has 18 heavy (non-hydrogen) atoms. The molecule has 1 aliphatic carbocycles. The molecule has 0 bridgehead atoms. The van der Waals surface area contributed by atoms with E-state index in [1.54, 1.807) is 16.8 Å². The minimum absolute atomic E-state index is 0.308. The van der Waals surface area contributed by atoms with Gasteiger partial charge in [0.25, 0.3) is 0 Å². The Morgan fingerprint density at radius 1 is 1.50 bits per heavy atom.